The Bertz CT molecular complexity index is 698. The number of aryl methyl sites for hydroxylation is 1. The van der Waals surface area contributed by atoms with Gasteiger partial charge in [-0.1, -0.05) is 19.1 Å². The third-order valence-corrected chi connectivity index (χ3v) is 4.10. The molecule has 2 amide bonds. The van der Waals surface area contributed by atoms with Crippen LogP contribution in [0.1, 0.15) is 18.9 Å². The summed E-state index contributed by atoms with van der Waals surface area (Å²) in [6, 6.07) is 11.4. The van der Waals surface area contributed by atoms with E-state index in [1.54, 1.807) is 29.4 Å². The Hall–Kier alpha value is -2.69. The first kappa shape index (κ1) is 15.2. The molecular weight excluding hydrogens is 290 g/mol. The van der Waals surface area contributed by atoms with Gasteiger partial charge in [0.15, 0.2) is 0 Å². The first-order valence-electron chi connectivity index (χ1n) is 7.77. The maximum Gasteiger partial charge on any atom is 0.229 e. The molecule has 23 heavy (non-hydrogen) atoms. The lowest BCUT2D eigenvalue weighted by atomic mass is 10.1. The molecule has 1 aliphatic heterocycles. The van der Waals surface area contributed by atoms with Gasteiger partial charge in [-0.3, -0.25) is 14.6 Å². The fraction of sp³-hybridized carbons (Fsp3) is 0.278. The summed E-state index contributed by atoms with van der Waals surface area (Å²) < 4.78 is 0. The molecule has 0 bridgehead atoms. The van der Waals surface area contributed by atoms with Crippen LogP contribution in [0.5, 0.6) is 0 Å². The highest BCUT2D eigenvalue weighted by atomic mass is 16.2. The standard InChI is InChI=1S/C18H19N3O2/c1-2-13-3-5-16(6-4-13)21-12-14(11-17(21)22)18(23)20-15-7-9-19-10-8-15/h3-10,14H,2,11-12H2,1H3,(H,19,20,23)/t14-/m0/s1. The highest BCUT2D eigenvalue weighted by molar-refractivity contribution is 6.03. The van der Waals surface area contributed by atoms with Crippen LogP contribution in [0.4, 0.5) is 11.4 Å². The molecule has 0 unspecified atom stereocenters. The van der Waals surface area contributed by atoms with E-state index < -0.39 is 0 Å². The summed E-state index contributed by atoms with van der Waals surface area (Å²) in [5, 5.41) is 2.84. The second-order valence-corrected chi connectivity index (χ2v) is 5.65. The van der Waals surface area contributed by atoms with E-state index in [4.69, 9.17) is 0 Å². The van der Waals surface area contributed by atoms with Gasteiger partial charge in [-0.2, -0.15) is 0 Å². The minimum atomic E-state index is -0.332. The fourth-order valence-corrected chi connectivity index (χ4v) is 2.72. The Labute approximate surface area is 135 Å². The zero-order valence-electron chi connectivity index (χ0n) is 13.0. The average Bonchev–Trinajstić information content (AvgIpc) is 2.98. The molecule has 5 nitrogen and oxygen atoms in total. The van der Waals surface area contributed by atoms with E-state index in [-0.39, 0.29) is 24.2 Å². The number of carbonyl (C=O) groups excluding carboxylic acids is 2. The Morgan fingerprint density at radius 1 is 1.22 bits per heavy atom. The van der Waals surface area contributed by atoms with Crippen molar-refractivity contribution in [1.82, 2.24) is 4.98 Å². The van der Waals surface area contributed by atoms with Gasteiger partial charge in [-0.15, -0.1) is 0 Å². The molecule has 1 N–H and O–H groups in total. The van der Waals surface area contributed by atoms with Crippen molar-refractivity contribution in [3.05, 3.63) is 54.4 Å². The molecule has 0 aliphatic carbocycles. The molecule has 1 fully saturated rings. The van der Waals surface area contributed by atoms with Gasteiger partial charge in [0, 0.05) is 36.7 Å². The highest BCUT2D eigenvalue weighted by Crippen LogP contribution is 2.26. The largest absolute Gasteiger partial charge is 0.326 e. The van der Waals surface area contributed by atoms with Gasteiger partial charge < -0.3 is 10.2 Å². The quantitative estimate of drug-likeness (QED) is 0.944. The molecule has 5 heteroatoms. The molecule has 0 spiro atoms. The van der Waals surface area contributed by atoms with E-state index in [1.807, 2.05) is 24.3 Å². The number of aromatic nitrogens is 1. The minimum absolute atomic E-state index is 0.0101. The van der Waals surface area contributed by atoms with Crippen LogP contribution in [-0.2, 0) is 16.0 Å². The lowest BCUT2D eigenvalue weighted by Crippen LogP contribution is -2.28. The Balaban J connectivity index is 1.67. The third-order valence-electron chi connectivity index (χ3n) is 4.10. The van der Waals surface area contributed by atoms with Crippen LogP contribution in [0.15, 0.2) is 48.8 Å². The SMILES string of the molecule is CCc1ccc(N2C[C@@H](C(=O)Nc3ccncc3)CC2=O)cc1. The lowest BCUT2D eigenvalue weighted by molar-refractivity contribution is -0.122. The number of hydrogen-bond donors (Lipinski definition) is 1. The van der Waals surface area contributed by atoms with Gasteiger partial charge in [0.2, 0.25) is 11.8 Å². The van der Waals surface area contributed by atoms with Crippen LogP contribution >= 0.6 is 0 Å². The molecule has 1 saturated heterocycles. The zero-order valence-corrected chi connectivity index (χ0v) is 13.0. The van der Waals surface area contributed by atoms with Crippen molar-refractivity contribution in [1.29, 1.82) is 0 Å². The van der Waals surface area contributed by atoms with Crippen molar-refractivity contribution >= 4 is 23.2 Å². The van der Waals surface area contributed by atoms with Crippen LogP contribution in [0, 0.1) is 5.92 Å². The number of rotatable bonds is 4. The van der Waals surface area contributed by atoms with Crippen LogP contribution < -0.4 is 10.2 Å². The second kappa shape index (κ2) is 6.60. The first-order valence-corrected chi connectivity index (χ1v) is 7.77. The number of carbonyl (C=O) groups is 2. The molecule has 2 aromatic rings. The topological polar surface area (TPSA) is 62.3 Å². The molecule has 118 valence electrons. The number of anilines is 2. The van der Waals surface area contributed by atoms with Gasteiger partial charge in [0.25, 0.3) is 0 Å². The fourth-order valence-electron chi connectivity index (χ4n) is 2.72. The van der Waals surface area contributed by atoms with Crippen LogP contribution in [0.3, 0.4) is 0 Å². The van der Waals surface area contributed by atoms with Crippen molar-refractivity contribution in [3.63, 3.8) is 0 Å². The summed E-state index contributed by atoms with van der Waals surface area (Å²) in [6.07, 6.45) is 4.45. The number of nitrogens with one attached hydrogen (secondary N) is 1. The predicted octanol–water partition coefficient (Wildman–Crippen LogP) is 2.64. The summed E-state index contributed by atoms with van der Waals surface area (Å²) in [5.41, 5.74) is 2.78. The average molecular weight is 309 g/mol. The van der Waals surface area contributed by atoms with E-state index in [1.165, 1.54) is 5.56 Å². The maximum atomic E-state index is 12.3. The molecule has 1 atom stereocenters. The minimum Gasteiger partial charge on any atom is -0.326 e. The van der Waals surface area contributed by atoms with Gasteiger partial charge in [-0.05, 0) is 36.2 Å². The monoisotopic (exact) mass is 309 g/mol. The smallest absolute Gasteiger partial charge is 0.229 e. The van der Waals surface area contributed by atoms with Crippen molar-refractivity contribution in [3.8, 4) is 0 Å². The van der Waals surface area contributed by atoms with Crippen molar-refractivity contribution < 1.29 is 9.59 Å². The summed E-state index contributed by atoms with van der Waals surface area (Å²) >= 11 is 0. The summed E-state index contributed by atoms with van der Waals surface area (Å²) in [6.45, 7) is 2.51. The summed E-state index contributed by atoms with van der Waals surface area (Å²) in [5.74, 6) is -0.470. The second-order valence-electron chi connectivity index (χ2n) is 5.65. The van der Waals surface area contributed by atoms with Crippen LogP contribution in [-0.4, -0.2) is 23.3 Å². The molecule has 0 radical (unpaired) electrons. The van der Waals surface area contributed by atoms with Crippen molar-refractivity contribution in [2.24, 2.45) is 5.92 Å². The van der Waals surface area contributed by atoms with E-state index in [0.717, 1.165) is 12.1 Å². The molecule has 1 aromatic heterocycles. The van der Waals surface area contributed by atoms with Gasteiger partial charge in [-0.25, -0.2) is 0 Å². The molecule has 1 aromatic carbocycles. The molecule has 3 rings (SSSR count). The normalized spacial score (nSPS) is 17.3. The molecule has 1 aliphatic rings. The number of hydrogen-bond acceptors (Lipinski definition) is 3. The number of amides is 2. The van der Waals surface area contributed by atoms with Crippen LogP contribution in [0.25, 0.3) is 0 Å². The Morgan fingerprint density at radius 2 is 1.91 bits per heavy atom. The third kappa shape index (κ3) is 3.39. The maximum absolute atomic E-state index is 12.3. The van der Waals surface area contributed by atoms with E-state index in [2.05, 4.69) is 17.2 Å². The van der Waals surface area contributed by atoms with E-state index in [9.17, 15) is 9.59 Å². The van der Waals surface area contributed by atoms with Gasteiger partial charge in [0.05, 0.1) is 5.92 Å². The molecular formula is C18H19N3O2. The summed E-state index contributed by atoms with van der Waals surface area (Å²) in [7, 11) is 0. The van der Waals surface area contributed by atoms with Crippen LogP contribution in [0.2, 0.25) is 0 Å². The Morgan fingerprint density at radius 3 is 2.57 bits per heavy atom. The molecule has 2 heterocycles. The van der Waals surface area contributed by atoms with Gasteiger partial charge >= 0.3 is 0 Å². The Kier molecular flexibility index (Phi) is 4.37. The zero-order chi connectivity index (χ0) is 16.2. The van der Waals surface area contributed by atoms with Gasteiger partial charge in [0.1, 0.15) is 0 Å². The number of nitrogens with zero attached hydrogens (tertiary/aromatic N) is 2. The van der Waals surface area contributed by atoms with E-state index >= 15 is 0 Å². The van der Waals surface area contributed by atoms with Crippen molar-refractivity contribution in [2.45, 2.75) is 19.8 Å². The number of pyridine rings is 1. The number of benzene rings is 1. The van der Waals surface area contributed by atoms with Crippen molar-refractivity contribution in [2.75, 3.05) is 16.8 Å². The molecule has 0 saturated carbocycles. The van der Waals surface area contributed by atoms with E-state index in [0.29, 0.717) is 12.2 Å². The first-order chi connectivity index (χ1) is 11.2. The summed E-state index contributed by atoms with van der Waals surface area (Å²) in [4.78, 5) is 30.2. The lowest BCUT2D eigenvalue weighted by Gasteiger charge is -2.17. The highest BCUT2D eigenvalue weighted by Gasteiger charge is 2.35. The predicted molar refractivity (Wildman–Crippen MR) is 89.1 cm³/mol.